The lowest BCUT2D eigenvalue weighted by atomic mass is 9.78. The Bertz CT molecular complexity index is 379. The topological polar surface area (TPSA) is 3.24 Å². The maximum absolute atomic E-state index is 4.17. The van der Waals surface area contributed by atoms with Crippen LogP contribution in [0.15, 0.2) is 23.9 Å². The van der Waals surface area contributed by atoms with E-state index in [-0.39, 0.29) is 0 Å². The second-order valence-electron chi connectivity index (χ2n) is 7.77. The normalized spacial score (nSPS) is 33.0. The van der Waals surface area contributed by atoms with E-state index in [1.807, 2.05) is 0 Å². The fraction of sp³-hybridized carbons (Fsp3) is 0.789. The van der Waals surface area contributed by atoms with E-state index in [1.165, 1.54) is 31.5 Å². The van der Waals surface area contributed by atoms with Crippen LogP contribution in [0.25, 0.3) is 0 Å². The lowest BCUT2D eigenvalue weighted by Crippen LogP contribution is -2.29. The maximum atomic E-state index is 4.17. The Labute approximate surface area is 126 Å². The van der Waals surface area contributed by atoms with Crippen molar-refractivity contribution >= 4 is 0 Å². The van der Waals surface area contributed by atoms with E-state index in [0.717, 1.165) is 36.1 Å². The number of hydrogen-bond donors (Lipinski definition) is 0. The molecule has 0 saturated heterocycles. The van der Waals surface area contributed by atoms with Crippen LogP contribution < -0.4 is 0 Å². The smallest absolute Gasteiger partial charge is 0.0206 e. The van der Waals surface area contributed by atoms with Gasteiger partial charge in [-0.25, -0.2) is 0 Å². The van der Waals surface area contributed by atoms with Gasteiger partial charge in [0.2, 0.25) is 0 Å². The summed E-state index contributed by atoms with van der Waals surface area (Å²) in [5.74, 6) is 4.35. The molecule has 0 aromatic carbocycles. The second kappa shape index (κ2) is 6.37. The fourth-order valence-electron chi connectivity index (χ4n) is 4.03. The van der Waals surface area contributed by atoms with E-state index < -0.39 is 0 Å². The quantitative estimate of drug-likeness (QED) is 0.609. The summed E-state index contributed by atoms with van der Waals surface area (Å²) in [4.78, 5) is 2.52. The maximum Gasteiger partial charge on any atom is 0.0206 e. The number of rotatable bonds is 6. The van der Waals surface area contributed by atoms with Crippen molar-refractivity contribution in [2.24, 2.45) is 29.6 Å². The van der Waals surface area contributed by atoms with Gasteiger partial charge in [-0.15, -0.1) is 0 Å². The minimum atomic E-state index is 0.725. The van der Waals surface area contributed by atoms with E-state index in [1.54, 1.807) is 5.57 Å². The Balaban J connectivity index is 1.86. The first-order chi connectivity index (χ1) is 9.38. The van der Waals surface area contributed by atoms with Crippen LogP contribution in [-0.4, -0.2) is 18.0 Å². The van der Waals surface area contributed by atoms with Gasteiger partial charge in [-0.1, -0.05) is 39.0 Å². The zero-order valence-corrected chi connectivity index (χ0v) is 14.2. The van der Waals surface area contributed by atoms with Crippen molar-refractivity contribution < 1.29 is 0 Å². The third-order valence-electron chi connectivity index (χ3n) is 5.20. The van der Waals surface area contributed by atoms with Crippen LogP contribution in [-0.2, 0) is 0 Å². The van der Waals surface area contributed by atoms with Crippen LogP contribution >= 0.6 is 0 Å². The summed E-state index contributed by atoms with van der Waals surface area (Å²) in [6.07, 6.45) is 6.72. The molecule has 4 atom stereocenters. The van der Waals surface area contributed by atoms with Gasteiger partial charge in [0.15, 0.2) is 0 Å². The summed E-state index contributed by atoms with van der Waals surface area (Å²) in [6, 6.07) is 0. The van der Waals surface area contributed by atoms with Crippen LogP contribution in [0.3, 0.4) is 0 Å². The molecule has 4 unspecified atom stereocenters. The van der Waals surface area contributed by atoms with Gasteiger partial charge < -0.3 is 4.90 Å². The predicted molar refractivity (Wildman–Crippen MR) is 88.5 cm³/mol. The second-order valence-corrected chi connectivity index (χ2v) is 7.77. The molecule has 0 amide bonds. The fourth-order valence-corrected chi connectivity index (χ4v) is 4.03. The standard InChI is InChI=1S/C19H33N/c1-13(2)11-20(14(3)4)12-17-10-19(17)18-8-7-15(5)9-16(18)6/h9,13,16-19H,3,7-8,10-12H2,1-2,4-6H3. The van der Waals surface area contributed by atoms with Crippen LogP contribution in [0, 0.1) is 29.6 Å². The molecular weight excluding hydrogens is 242 g/mol. The SMILES string of the molecule is C=C(C)N(CC(C)C)CC1CC1C1CCC(C)=CC1C. The molecule has 114 valence electrons. The first-order valence-electron chi connectivity index (χ1n) is 8.46. The molecule has 1 heteroatoms. The van der Waals surface area contributed by atoms with Gasteiger partial charge in [-0.05, 0) is 62.7 Å². The largest absolute Gasteiger partial charge is 0.375 e. The van der Waals surface area contributed by atoms with E-state index in [9.17, 15) is 0 Å². The lowest BCUT2D eigenvalue weighted by molar-refractivity contribution is 0.261. The average Bonchev–Trinajstić information content (AvgIpc) is 3.06. The molecule has 0 radical (unpaired) electrons. The molecule has 2 aliphatic carbocycles. The third-order valence-corrected chi connectivity index (χ3v) is 5.20. The zero-order valence-electron chi connectivity index (χ0n) is 14.2. The van der Waals surface area contributed by atoms with Gasteiger partial charge in [0, 0.05) is 18.8 Å². The molecule has 1 fully saturated rings. The Morgan fingerprint density at radius 1 is 1.40 bits per heavy atom. The number of allylic oxidation sites excluding steroid dienone is 3. The minimum Gasteiger partial charge on any atom is -0.375 e. The van der Waals surface area contributed by atoms with Crippen molar-refractivity contribution in [3.8, 4) is 0 Å². The van der Waals surface area contributed by atoms with Gasteiger partial charge in [0.1, 0.15) is 0 Å². The Morgan fingerprint density at radius 3 is 2.65 bits per heavy atom. The predicted octanol–water partition coefficient (Wildman–Crippen LogP) is 5.11. The van der Waals surface area contributed by atoms with E-state index in [0.29, 0.717) is 0 Å². The molecule has 0 bridgehead atoms. The van der Waals surface area contributed by atoms with E-state index in [4.69, 9.17) is 0 Å². The number of nitrogens with zero attached hydrogens (tertiary/aromatic N) is 1. The molecule has 1 saturated carbocycles. The van der Waals surface area contributed by atoms with Crippen molar-refractivity contribution in [1.82, 2.24) is 4.90 Å². The highest BCUT2D eigenvalue weighted by Crippen LogP contribution is 2.51. The summed E-state index contributed by atoms with van der Waals surface area (Å²) in [7, 11) is 0. The van der Waals surface area contributed by atoms with Crippen LogP contribution in [0.5, 0.6) is 0 Å². The molecule has 1 nitrogen and oxygen atoms in total. The molecule has 0 spiro atoms. The average molecular weight is 275 g/mol. The van der Waals surface area contributed by atoms with Crippen LogP contribution in [0.1, 0.15) is 53.9 Å². The van der Waals surface area contributed by atoms with Gasteiger partial charge in [0.25, 0.3) is 0 Å². The minimum absolute atomic E-state index is 0.725. The summed E-state index contributed by atoms with van der Waals surface area (Å²) in [5, 5.41) is 0. The highest BCUT2D eigenvalue weighted by Gasteiger charge is 2.45. The van der Waals surface area contributed by atoms with Gasteiger partial charge >= 0.3 is 0 Å². The van der Waals surface area contributed by atoms with Crippen molar-refractivity contribution in [2.45, 2.75) is 53.9 Å². The van der Waals surface area contributed by atoms with Gasteiger partial charge in [-0.2, -0.15) is 0 Å². The van der Waals surface area contributed by atoms with E-state index in [2.05, 4.69) is 52.2 Å². The first kappa shape index (κ1) is 15.7. The molecule has 2 rings (SSSR count). The Kier molecular flexibility index (Phi) is 4.99. The zero-order chi connectivity index (χ0) is 14.9. The summed E-state index contributed by atoms with van der Waals surface area (Å²) >= 11 is 0. The first-order valence-corrected chi connectivity index (χ1v) is 8.46. The monoisotopic (exact) mass is 275 g/mol. The van der Waals surface area contributed by atoms with Crippen molar-refractivity contribution in [3.05, 3.63) is 23.9 Å². The van der Waals surface area contributed by atoms with E-state index >= 15 is 0 Å². The molecule has 0 aromatic rings. The molecule has 0 heterocycles. The van der Waals surface area contributed by atoms with Gasteiger partial charge in [0.05, 0.1) is 0 Å². The molecule has 0 aliphatic heterocycles. The van der Waals surface area contributed by atoms with Crippen molar-refractivity contribution in [2.75, 3.05) is 13.1 Å². The molecule has 2 aliphatic rings. The van der Waals surface area contributed by atoms with Crippen LogP contribution in [0.4, 0.5) is 0 Å². The Morgan fingerprint density at radius 2 is 2.10 bits per heavy atom. The van der Waals surface area contributed by atoms with Gasteiger partial charge in [-0.3, -0.25) is 0 Å². The molecule has 0 aromatic heterocycles. The third kappa shape index (κ3) is 3.90. The molecule has 0 N–H and O–H groups in total. The van der Waals surface area contributed by atoms with Crippen molar-refractivity contribution in [3.63, 3.8) is 0 Å². The summed E-state index contributed by atoms with van der Waals surface area (Å²) in [5.41, 5.74) is 2.85. The highest BCUT2D eigenvalue weighted by atomic mass is 15.1. The summed E-state index contributed by atoms with van der Waals surface area (Å²) in [6.45, 7) is 18.1. The molecule has 20 heavy (non-hydrogen) atoms. The summed E-state index contributed by atoms with van der Waals surface area (Å²) < 4.78 is 0. The highest BCUT2D eigenvalue weighted by molar-refractivity contribution is 5.10. The van der Waals surface area contributed by atoms with Crippen molar-refractivity contribution in [1.29, 1.82) is 0 Å². The van der Waals surface area contributed by atoms with Crippen LogP contribution in [0.2, 0.25) is 0 Å². The Hall–Kier alpha value is -0.720. The number of hydrogen-bond acceptors (Lipinski definition) is 1. The molecular formula is C19H33N. The lowest BCUT2D eigenvalue weighted by Gasteiger charge is -2.30.